The van der Waals surface area contributed by atoms with Crippen LogP contribution in [0.15, 0.2) is 11.7 Å². The average molecular weight is 210 g/mol. The Morgan fingerprint density at radius 3 is 2.89 bits per heavy atom. The Bertz CT molecular complexity index is 143. The van der Waals surface area contributed by atoms with Gasteiger partial charge in [0.2, 0.25) is 5.51 Å². The maximum atomic E-state index is 8.43. The number of hydrogen-bond donors (Lipinski definition) is 1. The van der Waals surface area contributed by atoms with Crippen molar-refractivity contribution in [2.24, 2.45) is 0 Å². The number of aliphatic hydroxyl groups excluding tert-OH is 1. The van der Waals surface area contributed by atoms with Crippen LogP contribution in [0.4, 0.5) is 0 Å². The standard InChI is InChI=1S/C5H7NOS.BrH/c7-2-1-5-3-6-4-8-5;/h3-4,7H,1-2H2;1H. The van der Waals surface area contributed by atoms with Gasteiger partial charge in [0.05, 0.1) is 4.88 Å². The van der Waals surface area contributed by atoms with Crippen LogP contribution in [0.1, 0.15) is 4.88 Å². The molecule has 0 fully saturated rings. The SMILES string of the molecule is OCCc1c[nH+]cs1.[Br-]. The topological polar surface area (TPSA) is 34.4 Å². The Balaban J connectivity index is 0.000000640. The summed E-state index contributed by atoms with van der Waals surface area (Å²) < 4.78 is 0. The number of aromatic nitrogens is 1. The second kappa shape index (κ2) is 4.90. The fourth-order valence-corrected chi connectivity index (χ4v) is 1.14. The maximum absolute atomic E-state index is 8.43. The maximum Gasteiger partial charge on any atom is 0.223 e. The Kier molecular flexibility index (Phi) is 4.94. The first-order valence-electron chi connectivity index (χ1n) is 2.48. The number of hydrogen-bond acceptors (Lipinski definition) is 2. The minimum atomic E-state index is 0. The number of aliphatic hydroxyl groups is 1. The van der Waals surface area contributed by atoms with E-state index >= 15 is 0 Å². The predicted octanol–water partition coefficient (Wildman–Crippen LogP) is -2.90. The minimum absolute atomic E-state index is 0. The first-order valence-corrected chi connectivity index (χ1v) is 3.36. The molecule has 4 heteroatoms. The molecule has 1 heterocycles. The Morgan fingerprint density at radius 2 is 2.44 bits per heavy atom. The van der Waals surface area contributed by atoms with Crippen LogP contribution in [0.5, 0.6) is 0 Å². The van der Waals surface area contributed by atoms with E-state index in [1.807, 2.05) is 11.7 Å². The molecule has 0 amide bonds. The van der Waals surface area contributed by atoms with Crippen LogP contribution in [-0.2, 0) is 6.42 Å². The van der Waals surface area contributed by atoms with Crippen molar-refractivity contribution in [2.75, 3.05) is 6.61 Å². The van der Waals surface area contributed by atoms with Crippen LogP contribution in [0.25, 0.3) is 0 Å². The lowest BCUT2D eigenvalue weighted by atomic mass is 10.4. The van der Waals surface area contributed by atoms with Crippen molar-refractivity contribution in [3.8, 4) is 0 Å². The summed E-state index contributed by atoms with van der Waals surface area (Å²) in [6, 6.07) is 0. The van der Waals surface area contributed by atoms with Crippen LogP contribution in [0, 0.1) is 0 Å². The zero-order chi connectivity index (χ0) is 5.82. The van der Waals surface area contributed by atoms with Crippen molar-refractivity contribution >= 4 is 11.3 Å². The van der Waals surface area contributed by atoms with E-state index in [1.54, 1.807) is 11.3 Å². The molecule has 1 aromatic heterocycles. The quantitative estimate of drug-likeness (QED) is 0.558. The number of aromatic amines is 1. The summed E-state index contributed by atoms with van der Waals surface area (Å²) in [5.74, 6) is 0. The third-order valence-corrected chi connectivity index (χ3v) is 1.76. The summed E-state index contributed by atoms with van der Waals surface area (Å²) in [6.45, 7) is 0.244. The molecule has 0 atom stereocenters. The molecule has 0 bridgehead atoms. The predicted molar refractivity (Wildman–Crippen MR) is 31.7 cm³/mol. The molecule has 0 radical (unpaired) electrons. The number of rotatable bonds is 2. The van der Waals surface area contributed by atoms with Gasteiger partial charge in [-0.25, -0.2) is 4.98 Å². The highest BCUT2D eigenvalue weighted by atomic mass is 79.9. The van der Waals surface area contributed by atoms with Crippen molar-refractivity contribution in [3.63, 3.8) is 0 Å². The van der Waals surface area contributed by atoms with Crippen LogP contribution in [0.2, 0.25) is 0 Å². The summed E-state index contributed by atoms with van der Waals surface area (Å²) in [5, 5.41) is 8.43. The molecule has 0 aliphatic heterocycles. The minimum Gasteiger partial charge on any atom is -1.00 e. The second-order valence-electron chi connectivity index (χ2n) is 1.49. The molecule has 1 aromatic rings. The van der Waals surface area contributed by atoms with E-state index in [9.17, 15) is 0 Å². The van der Waals surface area contributed by atoms with E-state index in [1.165, 1.54) is 4.88 Å². The second-order valence-corrected chi connectivity index (χ2v) is 2.48. The molecule has 0 saturated carbocycles. The molecule has 0 unspecified atom stereocenters. The number of H-pyrrole nitrogens is 1. The fourth-order valence-electron chi connectivity index (χ4n) is 0.512. The van der Waals surface area contributed by atoms with Crippen molar-refractivity contribution < 1.29 is 27.1 Å². The van der Waals surface area contributed by atoms with Gasteiger partial charge in [-0.05, 0) is 0 Å². The summed E-state index contributed by atoms with van der Waals surface area (Å²) in [7, 11) is 0. The summed E-state index contributed by atoms with van der Waals surface area (Å²) in [4.78, 5) is 4.12. The van der Waals surface area contributed by atoms with Gasteiger partial charge in [-0.1, -0.05) is 11.3 Å². The summed E-state index contributed by atoms with van der Waals surface area (Å²) in [6.07, 6.45) is 2.68. The van der Waals surface area contributed by atoms with Crippen LogP contribution < -0.4 is 22.0 Å². The van der Waals surface area contributed by atoms with Crippen LogP contribution in [0.3, 0.4) is 0 Å². The molecule has 0 aliphatic carbocycles. The van der Waals surface area contributed by atoms with E-state index in [0.717, 1.165) is 6.42 Å². The zero-order valence-corrected chi connectivity index (χ0v) is 7.20. The molecule has 0 aromatic carbocycles. The van der Waals surface area contributed by atoms with Crippen molar-refractivity contribution in [1.29, 1.82) is 0 Å². The van der Waals surface area contributed by atoms with E-state index in [0.29, 0.717) is 0 Å². The normalized spacial score (nSPS) is 8.56. The molecule has 0 spiro atoms. The molecular formula is C5H8BrNOS. The molecular weight excluding hydrogens is 202 g/mol. The highest BCUT2D eigenvalue weighted by Gasteiger charge is 1.94. The van der Waals surface area contributed by atoms with Gasteiger partial charge in [0.1, 0.15) is 0 Å². The van der Waals surface area contributed by atoms with Gasteiger partial charge in [0.25, 0.3) is 0 Å². The number of thiazole rings is 1. The van der Waals surface area contributed by atoms with Gasteiger partial charge in [0, 0.05) is 13.0 Å². The monoisotopic (exact) mass is 209 g/mol. The Hall–Kier alpha value is 0.0700. The third kappa shape index (κ3) is 2.93. The molecule has 0 saturated heterocycles. The molecule has 0 aliphatic rings. The smallest absolute Gasteiger partial charge is 0.223 e. The van der Waals surface area contributed by atoms with Crippen LogP contribution >= 0.6 is 11.3 Å². The van der Waals surface area contributed by atoms with Crippen molar-refractivity contribution in [2.45, 2.75) is 6.42 Å². The first kappa shape index (κ1) is 9.07. The van der Waals surface area contributed by atoms with E-state index < -0.39 is 0 Å². The molecule has 52 valence electrons. The van der Waals surface area contributed by atoms with Gasteiger partial charge < -0.3 is 22.1 Å². The van der Waals surface area contributed by atoms with E-state index in [2.05, 4.69) is 4.98 Å². The van der Waals surface area contributed by atoms with Gasteiger partial charge >= 0.3 is 0 Å². The largest absolute Gasteiger partial charge is 1.00 e. The molecule has 9 heavy (non-hydrogen) atoms. The fraction of sp³-hybridized carbons (Fsp3) is 0.400. The molecule has 2 nitrogen and oxygen atoms in total. The lowest BCUT2D eigenvalue weighted by Gasteiger charge is -1.81. The lowest BCUT2D eigenvalue weighted by Crippen LogP contribution is -3.00. The highest BCUT2D eigenvalue weighted by molar-refractivity contribution is 7.09. The van der Waals surface area contributed by atoms with Gasteiger partial charge in [-0.2, -0.15) is 0 Å². The lowest BCUT2D eigenvalue weighted by molar-refractivity contribution is -0.371. The Labute approximate surface area is 68.3 Å². The molecule has 1 rings (SSSR count). The third-order valence-electron chi connectivity index (χ3n) is 0.881. The highest BCUT2D eigenvalue weighted by Crippen LogP contribution is 2.01. The number of nitrogens with one attached hydrogen (secondary N) is 1. The average Bonchev–Trinajstić information content (AvgIpc) is 2.19. The number of halogens is 1. The van der Waals surface area contributed by atoms with Crippen molar-refractivity contribution in [1.82, 2.24) is 0 Å². The Morgan fingerprint density at radius 1 is 1.67 bits per heavy atom. The summed E-state index contributed by atoms with van der Waals surface area (Å²) in [5.41, 5.74) is 1.89. The zero-order valence-electron chi connectivity index (χ0n) is 4.80. The van der Waals surface area contributed by atoms with Crippen LogP contribution in [-0.4, -0.2) is 11.7 Å². The van der Waals surface area contributed by atoms with Gasteiger partial charge in [0.15, 0.2) is 6.20 Å². The van der Waals surface area contributed by atoms with E-state index in [4.69, 9.17) is 5.11 Å². The van der Waals surface area contributed by atoms with Gasteiger partial charge in [-0.3, -0.25) is 0 Å². The van der Waals surface area contributed by atoms with Crippen molar-refractivity contribution in [3.05, 3.63) is 16.6 Å². The van der Waals surface area contributed by atoms with E-state index in [-0.39, 0.29) is 23.6 Å². The first-order chi connectivity index (χ1) is 3.93. The van der Waals surface area contributed by atoms with Gasteiger partial charge in [-0.15, -0.1) is 0 Å². The molecule has 2 N–H and O–H groups in total. The summed E-state index contributed by atoms with van der Waals surface area (Å²) >= 11 is 1.63.